The van der Waals surface area contributed by atoms with Crippen molar-refractivity contribution in [1.29, 1.82) is 0 Å². The molecule has 0 aromatic carbocycles. The van der Waals surface area contributed by atoms with Gasteiger partial charge in [0.05, 0.1) is 0 Å². The number of hydrogen-bond donors (Lipinski definition) is 1. The highest BCUT2D eigenvalue weighted by Crippen LogP contribution is 2.38. The van der Waals surface area contributed by atoms with E-state index in [1.165, 1.54) is 32.1 Å². The Kier molecular flexibility index (Phi) is 3.60. The highest BCUT2D eigenvalue weighted by Gasteiger charge is 2.22. The molecule has 0 spiro atoms. The molecule has 0 amide bonds. The van der Waals surface area contributed by atoms with Crippen LogP contribution in [0.3, 0.4) is 0 Å². The van der Waals surface area contributed by atoms with Crippen LogP contribution in [0.25, 0.3) is 0 Å². The molecule has 1 aliphatic rings. The number of thiophene rings is 1. The summed E-state index contributed by atoms with van der Waals surface area (Å²) in [5.74, 6) is 1.76. The third-order valence-corrected chi connectivity index (χ3v) is 4.40. The first kappa shape index (κ1) is 10.2. The van der Waals surface area contributed by atoms with Crippen molar-refractivity contribution in [1.82, 2.24) is 0 Å². The van der Waals surface area contributed by atoms with Gasteiger partial charge < -0.3 is 5.73 Å². The van der Waals surface area contributed by atoms with Gasteiger partial charge in [-0.3, -0.25) is 0 Å². The molecule has 2 rings (SSSR count). The summed E-state index contributed by atoms with van der Waals surface area (Å²) in [4.78, 5) is 1.59. The average Bonchev–Trinajstić information content (AvgIpc) is 2.72. The Bertz CT molecular complexity index is 247. The molecule has 0 atom stereocenters. The van der Waals surface area contributed by atoms with E-state index >= 15 is 0 Å². The minimum absolute atomic E-state index is 0.851. The van der Waals surface area contributed by atoms with Crippen LogP contribution in [0.5, 0.6) is 0 Å². The lowest BCUT2D eigenvalue weighted by Crippen LogP contribution is -2.15. The summed E-state index contributed by atoms with van der Waals surface area (Å²) in [6, 6.07) is 4.46. The molecule has 1 aromatic rings. The maximum absolute atomic E-state index is 5.59. The summed E-state index contributed by atoms with van der Waals surface area (Å²) >= 11 is 1.92. The van der Waals surface area contributed by atoms with Gasteiger partial charge in [-0.05, 0) is 61.9 Å². The van der Waals surface area contributed by atoms with Gasteiger partial charge in [-0.15, -0.1) is 11.3 Å². The molecule has 1 saturated carbocycles. The van der Waals surface area contributed by atoms with Crippen LogP contribution >= 0.6 is 11.3 Å². The van der Waals surface area contributed by atoms with Crippen LogP contribution in [0.1, 0.15) is 42.9 Å². The predicted molar refractivity (Wildman–Crippen MR) is 62.7 cm³/mol. The highest BCUT2D eigenvalue weighted by atomic mass is 32.1. The molecular formula is C12H19NS. The number of hydrogen-bond acceptors (Lipinski definition) is 2. The van der Waals surface area contributed by atoms with Crippen LogP contribution in [0.15, 0.2) is 17.5 Å². The first-order valence-electron chi connectivity index (χ1n) is 5.63. The number of rotatable bonds is 3. The third-order valence-electron chi connectivity index (χ3n) is 3.37. The molecule has 14 heavy (non-hydrogen) atoms. The van der Waals surface area contributed by atoms with Crippen molar-refractivity contribution in [3.05, 3.63) is 22.4 Å². The molecule has 1 aliphatic carbocycles. The van der Waals surface area contributed by atoms with Gasteiger partial charge in [0.15, 0.2) is 0 Å². The Labute approximate surface area is 90.3 Å². The molecule has 1 aromatic heterocycles. The van der Waals surface area contributed by atoms with E-state index in [0.717, 1.165) is 18.4 Å². The zero-order chi connectivity index (χ0) is 9.80. The zero-order valence-corrected chi connectivity index (χ0v) is 9.43. The lowest BCUT2D eigenvalue weighted by molar-refractivity contribution is 0.315. The third kappa shape index (κ3) is 2.37. The highest BCUT2D eigenvalue weighted by molar-refractivity contribution is 7.10. The first-order valence-corrected chi connectivity index (χ1v) is 6.51. The normalized spacial score (nSPS) is 27.8. The molecule has 1 heterocycles. The molecule has 2 heteroatoms. The lowest BCUT2D eigenvalue weighted by Gasteiger charge is -2.27. The van der Waals surface area contributed by atoms with Crippen LogP contribution in [0.2, 0.25) is 0 Å². The van der Waals surface area contributed by atoms with Crippen molar-refractivity contribution in [2.24, 2.45) is 11.7 Å². The average molecular weight is 209 g/mol. The van der Waals surface area contributed by atoms with E-state index < -0.39 is 0 Å². The fourth-order valence-electron chi connectivity index (χ4n) is 2.49. The summed E-state index contributed by atoms with van der Waals surface area (Å²) in [6.07, 6.45) is 6.77. The maximum atomic E-state index is 5.59. The van der Waals surface area contributed by atoms with Crippen molar-refractivity contribution in [3.63, 3.8) is 0 Å². The molecule has 2 N–H and O–H groups in total. The first-order chi connectivity index (χ1) is 6.90. The fraction of sp³-hybridized carbons (Fsp3) is 0.667. The summed E-state index contributed by atoms with van der Waals surface area (Å²) in [5, 5.41) is 2.20. The largest absolute Gasteiger partial charge is 0.330 e. The molecular weight excluding hydrogens is 190 g/mol. The number of nitrogens with two attached hydrogens (primary N) is 1. The second kappa shape index (κ2) is 4.94. The van der Waals surface area contributed by atoms with E-state index in [0.29, 0.717) is 0 Å². The van der Waals surface area contributed by atoms with E-state index in [2.05, 4.69) is 17.5 Å². The molecule has 0 aliphatic heterocycles. The Morgan fingerprint density at radius 3 is 2.64 bits per heavy atom. The second-order valence-corrected chi connectivity index (χ2v) is 5.29. The molecule has 0 unspecified atom stereocenters. The van der Waals surface area contributed by atoms with Gasteiger partial charge in [0.25, 0.3) is 0 Å². The molecule has 0 bridgehead atoms. The van der Waals surface area contributed by atoms with Gasteiger partial charge in [-0.2, -0.15) is 0 Å². The summed E-state index contributed by atoms with van der Waals surface area (Å²) in [7, 11) is 0. The van der Waals surface area contributed by atoms with E-state index in [4.69, 9.17) is 5.73 Å². The summed E-state index contributed by atoms with van der Waals surface area (Å²) < 4.78 is 0. The van der Waals surface area contributed by atoms with Gasteiger partial charge in [-0.1, -0.05) is 6.07 Å². The summed E-state index contributed by atoms with van der Waals surface area (Å²) in [5.41, 5.74) is 5.59. The summed E-state index contributed by atoms with van der Waals surface area (Å²) in [6.45, 7) is 0.869. The SMILES string of the molecule is NCCC1CCC(c2cccs2)CC1. The molecule has 0 radical (unpaired) electrons. The second-order valence-electron chi connectivity index (χ2n) is 4.31. The quantitative estimate of drug-likeness (QED) is 0.811. The Balaban J connectivity index is 1.84. The van der Waals surface area contributed by atoms with Gasteiger partial charge in [0, 0.05) is 4.88 Å². The smallest absolute Gasteiger partial charge is 0.00761 e. The van der Waals surface area contributed by atoms with Crippen LogP contribution in [-0.4, -0.2) is 6.54 Å². The van der Waals surface area contributed by atoms with E-state index in [1.54, 1.807) is 4.88 Å². The lowest BCUT2D eigenvalue weighted by atomic mass is 9.80. The minimum Gasteiger partial charge on any atom is -0.330 e. The van der Waals surface area contributed by atoms with Crippen molar-refractivity contribution in [3.8, 4) is 0 Å². The van der Waals surface area contributed by atoms with Crippen LogP contribution in [0.4, 0.5) is 0 Å². The van der Waals surface area contributed by atoms with E-state index in [9.17, 15) is 0 Å². The van der Waals surface area contributed by atoms with Crippen LogP contribution in [-0.2, 0) is 0 Å². The molecule has 1 nitrogen and oxygen atoms in total. The van der Waals surface area contributed by atoms with Crippen molar-refractivity contribution in [2.45, 2.75) is 38.0 Å². The topological polar surface area (TPSA) is 26.0 Å². The fourth-order valence-corrected chi connectivity index (χ4v) is 3.39. The standard InChI is InChI=1S/C12H19NS/c13-8-7-10-3-5-11(6-4-10)12-2-1-9-14-12/h1-2,9-11H,3-8,13H2. The predicted octanol–water partition coefficient (Wildman–Crippen LogP) is 3.37. The Morgan fingerprint density at radius 1 is 1.29 bits per heavy atom. The molecule has 1 fully saturated rings. The van der Waals surface area contributed by atoms with Crippen molar-refractivity contribution in [2.75, 3.05) is 6.54 Å². The monoisotopic (exact) mass is 209 g/mol. The Morgan fingerprint density at radius 2 is 2.07 bits per heavy atom. The molecule has 0 saturated heterocycles. The van der Waals surface area contributed by atoms with Gasteiger partial charge in [0.1, 0.15) is 0 Å². The van der Waals surface area contributed by atoms with E-state index in [1.807, 2.05) is 11.3 Å². The minimum atomic E-state index is 0.851. The zero-order valence-electron chi connectivity index (χ0n) is 8.61. The van der Waals surface area contributed by atoms with Crippen LogP contribution < -0.4 is 5.73 Å². The van der Waals surface area contributed by atoms with Gasteiger partial charge >= 0.3 is 0 Å². The van der Waals surface area contributed by atoms with Crippen molar-refractivity contribution < 1.29 is 0 Å². The van der Waals surface area contributed by atoms with Gasteiger partial charge in [-0.25, -0.2) is 0 Å². The maximum Gasteiger partial charge on any atom is 0.00761 e. The van der Waals surface area contributed by atoms with Crippen molar-refractivity contribution >= 4 is 11.3 Å². The van der Waals surface area contributed by atoms with Crippen LogP contribution in [0, 0.1) is 5.92 Å². The molecule has 78 valence electrons. The van der Waals surface area contributed by atoms with E-state index in [-0.39, 0.29) is 0 Å². The Hall–Kier alpha value is -0.340. The van der Waals surface area contributed by atoms with Gasteiger partial charge in [0.2, 0.25) is 0 Å².